The summed E-state index contributed by atoms with van der Waals surface area (Å²) in [6.07, 6.45) is -0.500. The van der Waals surface area contributed by atoms with E-state index in [1.54, 1.807) is 6.92 Å². The van der Waals surface area contributed by atoms with E-state index >= 15 is 0 Å². The smallest absolute Gasteiger partial charge is 0.0704 e. The lowest BCUT2D eigenvalue weighted by atomic mass is 9.97. The highest BCUT2D eigenvalue weighted by Gasteiger charge is 2.13. The van der Waals surface area contributed by atoms with Gasteiger partial charge in [0.2, 0.25) is 0 Å². The van der Waals surface area contributed by atoms with Crippen molar-refractivity contribution < 1.29 is 5.11 Å². The van der Waals surface area contributed by atoms with Gasteiger partial charge < -0.3 is 10.8 Å². The lowest BCUT2D eigenvalue weighted by Gasteiger charge is -2.17. The maximum absolute atomic E-state index is 9.36. The molecule has 0 aromatic heterocycles. The average Bonchev–Trinajstić information content (AvgIpc) is 2.08. The molecule has 1 aromatic rings. The molecule has 3 N–H and O–H groups in total. The molecule has 0 aliphatic rings. The average molecular weight is 179 g/mol. The lowest BCUT2D eigenvalue weighted by molar-refractivity contribution is 0.164. The molecule has 0 amide bonds. The van der Waals surface area contributed by atoms with E-state index in [1.165, 1.54) is 5.56 Å². The molecule has 0 saturated heterocycles. The maximum atomic E-state index is 9.36. The lowest BCUT2D eigenvalue weighted by Crippen LogP contribution is -2.24. The van der Waals surface area contributed by atoms with Crippen LogP contribution in [0.1, 0.15) is 29.7 Å². The van der Waals surface area contributed by atoms with E-state index < -0.39 is 6.10 Å². The Kier molecular flexibility index (Phi) is 3.07. The number of aliphatic hydroxyl groups is 1. The minimum absolute atomic E-state index is 0.278. The minimum Gasteiger partial charge on any atom is -0.391 e. The first kappa shape index (κ1) is 10.2. The van der Waals surface area contributed by atoms with E-state index in [2.05, 4.69) is 0 Å². The first-order chi connectivity index (χ1) is 6.02. The molecule has 2 nitrogen and oxygen atoms in total. The summed E-state index contributed by atoms with van der Waals surface area (Å²) in [7, 11) is 0. The van der Waals surface area contributed by atoms with E-state index in [-0.39, 0.29) is 6.04 Å². The molecule has 0 radical (unpaired) electrons. The fraction of sp³-hybridized carbons (Fsp3) is 0.455. The molecule has 1 aromatic carbocycles. The Labute approximate surface area is 79.4 Å². The zero-order chi connectivity index (χ0) is 10.0. The molecule has 0 heterocycles. The predicted molar refractivity (Wildman–Crippen MR) is 54.5 cm³/mol. The molecule has 0 aliphatic heterocycles. The van der Waals surface area contributed by atoms with Crippen molar-refractivity contribution in [2.45, 2.75) is 32.9 Å². The quantitative estimate of drug-likeness (QED) is 0.725. The van der Waals surface area contributed by atoms with Crippen LogP contribution in [0, 0.1) is 13.8 Å². The molecule has 2 heteroatoms. The van der Waals surface area contributed by atoms with Crippen LogP contribution in [0.2, 0.25) is 0 Å². The summed E-state index contributed by atoms with van der Waals surface area (Å²) >= 11 is 0. The van der Waals surface area contributed by atoms with Crippen molar-refractivity contribution >= 4 is 0 Å². The Hall–Kier alpha value is -0.860. The van der Waals surface area contributed by atoms with Crippen molar-refractivity contribution in [3.8, 4) is 0 Å². The molecule has 0 aliphatic carbocycles. The van der Waals surface area contributed by atoms with Crippen LogP contribution in [0.25, 0.3) is 0 Å². The molecule has 0 spiro atoms. The van der Waals surface area contributed by atoms with Crippen LogP contribution in [-0.4, -0.2) is 11.2 Å². The van der Waals surface area contributed by atoms with E-state index in [1.807, 2.05) is 32.0 Å². The predicted octanol–water partition coefficient (Wildman–Crippen LogP) is 1.68. The molecule has 0 saturated carbocycles. The first-order valence-electron chi connectivity index (χ1n) is 4.53. The summed E-state index contributed by atoms with van der Waals surface area (Å²) in [6, 6.07) is 5.84. The van der Waals surface area contributed by atoms with E-state index in [0.29, 0.717) is 0 Å². The molecule has 72 valence electrons. The van der Waals surface area contributed by atoms with Gasteiger partial charge in [-0.1, -0.05) is 23.8 Å². The van der Waals surface area contributed by atoms with Crippen molar-refractivity contribution in [3.05, 3.63) is 34.9 Å². The minimum atomic E-state index is -0.500. The molecular weight excluding hydrogens is 162 g/mol. The van der Waals surface area contributed by atoms with E-state index in [4.69, 9.17) is 5.73 Å². The summed E-state index contributed by atoms with van der Waals surface area (Å²) < 4.78 is 0. The van der Waals surface area contributed by atoms with Gasteiger partial charge in [0.25, 0.3) is 0 Å². The Morgan fingerprint density at radius 2 is 1.92 bits per heavy atom. The number of hydrogen-bond donors (Lipinski definition) is 2. The molecule has 0 fully saturated rings. The highest BCUT2D eigenvalue weighted by Crippen LogP contribution is 2.19. The van der Waals surface area contributed by atoms with E-state index in [0.717, 1.165) is 11.1 Å². The number of aryl methyl sites for hydroxylation is 2. The summed E-state index contributed by atoms with van der Waals surface area (Å²) in [4.78, 5) is 0. The Bertz CT molecular complexity index is 294. The second kappa shape index (κ2) is 3.90. The summed E-state index contributed by atoms with van der Waals surface area (Å²) in [5, 5.41) is 9.36. The van der Waals surface area contributed by atoms with Crippen LogP contribution in [0.5, 0.6) is 0 Å². The van der Waals surface area contributed by atoms with Crippen molar-refractivity contribution in [1.82, 2.24) is 0 Å². The second-order valence-corrected chi connectivity index (χ2v) is 3.63. The molecule has 0 unspecified atom stereocenters. The number of hydrogen-bond acceptors (Lipinski definition) is 2. The third kappa shape index (κ3) is 2.29. The largest absolute Gasteiger partial charge is 0.391 e. The van der Waals surface area contributed by atoms with Gasteiger partial charge in [0, 0.05) is 0 Å². The van der Waals surface area contributed by atoms with Crippen LogP contribution in [0.15, 0.2) is 18.2 Å². The monoisotopic (exact) mass is 179 g/mol. The topological polar surface area (TPSA) is 46.2 Å². The Balaban J connectivity index is 3.05. The van der Waals surface area contributed by atoms with Gasteiger partial charge >= 0.3 is 0 Å². The highest BCUT2D eigenvalue weighted by molar-refractivity contribution is 5.33. The van der Waals surface area contributed by atoms with Crippen LogP contribution < -0.4 is 5.73 Å². The number of rotatable bonds is 2. The third-order valence-corrected chi connectivity index (χ3v) is 2.31. The fourth-order valence-corrected chi connectivity index (χ4v) is 1.38. The number of benzene rings is 1. The Morgan fingerprint density at radius 3 is 2.46 bits per heavy atom. The number of aliphatic hydroxyl groups excluding tert-OH is 1. The Morgan fingerprint density at radius 1 is 1.31 bits per heavy atom. The van der Waals surface area contributed by atoms with Gasteiger partial charge in [0.05, 0.1) is 12.1 Å². The van der Waals surface area contributed by atoms with E-state index in [9.17, 15) is 5.11 Å². The molecule has 2 atom stereocenters. The van der Waals surface area contributed by atoms with Crippen molar-refractivity contribution in [3.63, 3.8) is 0 Å². The summed E-state index contributed by atoms with van der Waals surface area (Å²) in [5.74, 6) is 0. The maximum Gasteiger partial charge on any atom is 0.0704 e. The summed E-state index contributed by atoms with van der Waals surface area (Å²) in [5.41, 5.74) is 9.21. The van der Waals surface area contributed by atoms with Gasteiger partial charge in [-0.2, -0.15) is 0 Å². The van der Waals surface area contributed by atoms with Crippen molar-refractivity contribution in [2.75, 3.05) is 0 Å². The van der Waals surface area contributed by atoms with Gasteiger partial charge in [-0.3, -0.25) is 0 Å². The zero-order valence-corrected chi connectivity index (χ0v) is 8.41. The molecule has 0 bridgehead atoms. The number of nitrogens with two attached hydrogens (primary N) is 1. The van der Waals surface area contributed by atoms with Crippen LogP contribution in [0.3, 0.4) is 0 Å². The molecular formula is C11H17NO. The summed E-state index contributed by atoms with van der Waals surface area (Å²) in [6.45, 7) is 5.75. The fourth-order valence-electron chi connectivity index (χ4n) is 1.38. The van der Waals surface area contributed by atoms with Crippen LogP contribution in [0.4, 0.5) is 0 Å². The normalized spacial score (nSPS) is 15.5. The first-order valence-corrected chi connectivity index (χ1v) is 4.53. The third-order valence-electron chi connectivity index (χ3n) is 2.31. The van der Waals surface area contributed by atoms with Gasteiger partial charge in [-0.05, 0) is 31.9 Å². The van der Waals surface area contributed by atoms with Crippen LogP contribution in [-0.2, 0) is 0 Å². The van der Waals surface area contributed by atoms with Gasteiger partial charge in [-0.15, -0.1) is 0 Å². The molecule has 13 heavy (non-hydrogen) atoms. The standard InChI is InChI=1S/C11H17NO/c1-7-4-5-8(2)10(6-7)11(12)9(3)13/h4-6,9,11,13H,12H2,1-3H3/t9-,11+/m1/s1. The van der Waals surface area contributed by atoms with Crippen molar-refractivity contribution in [2.24, 2.45) is 5.73 Å². The highest BCUT2D eigenvalue weighted by atomic mass is 16.3. The van der Waals surface area contributed by atoms with Gasteiger partial charge in [0.1, 0.15) is 0 Å². The molecule has 1 rings (SSSR count). The van der Waals surface area contributed by atoms with Crippen LogP contribution >= 0.6 is 0 Å². The zero-order valence-electron chi connectivity index (χ0n) is 8.41. The SMILES string of the molecule is Cc1ccc(C)c([C@@H](N)[C@@H](C)O)c1. The van der Waals surface area contributed by atoms with Gasteiger partial charge in [-0.25, -0.2) is 0 Å². The van der Waals surface area contributed by atoms with Gasteiger partial charge in [0.15, 0.2) is 0 Å². The second-order valence-electron chi connectivity index (χ2n) is 3.63. The van der Waals surface area contributed by atoms with Crippen molar-refractivity contribution in [1.29, 1.82) is 0 Å².